The van der Waals surface area contributed by atoms with E-state index in [0.717, 1.165) is 11.4 Å². The van der Waals surface area contributed by atoms with Crippen molar-refractivity contribution in [1.29, 1.82) is 0 Å². The standard InChI is InChI=1S/C15H18N2O4/c1-19-12-6-11(7-13(8-12)20-2)16-9-10-4-5-14(17-10)15(18)21-3/h4-8,16-17H,9H2,1-3H3. The van der Waals surface area contributed by atoms with Gasteiger partial charge in [-0.05, 0) is 12.1 Å². The molecule has 0 amide bonds. The van der Waals surface area contributed by atoms with Crippen LogP contribution in [0.5, 0.6) is 11.5 Å². The van der Waals surface area contributed by atoms with Crippen molar-refractivity contribution in [3.63, 3.8) is 0 Å². The number of nitrogens with one attached hydrogen (secondary N) is 2. The molecule has 0 aliphatic heterocycles. The summed E-state index contributed by atoms with van der Waals surface area (Å²) in [7, 11) is 4.56. The summed E-state index contributed by atoms with van der Waals surface area (Å²) in [5.74, 6) is 1.03. The number of methoxy groups -OCH3 is 3. The van der Waals surface area contributed by atoms with Crippen LogP contribution < -0.4 is 14.8 Å². The first-order chi connectivity index (χ1) is 10.2. The summed E-state index contributed by atoms with van der Waals surface area (Å²) in [6.45, 7) is 0.535. The van der Waals surface area contributed by atoms with Gasteiger partial charge in [-0.25, -0.2) is 4.79 Å². The summed E-state index contributed by atoms with van der Waals surface area (Å²) in [6.07, 6.45) is 0. The van der Waals surface area contributed by atoms with Crippen LogP contribution >= 0.6 is 0 Å². The Hall–Kier alpha value is -2.63. The Bertz CT molecular complexity index is 600. The van der Waals surface area contributed by atoms with Crippen LogP contribution in [0.2, 0.25) is 0 Å². The Balaban J connectivity index is 2.05. The first-order valence-electron chi connectivity index (χ1n) is 6.39. The van der Waals surface area contributed by atoms with E-state index in [1.54, 1.807) is 26.4 Å². The minimum absolute atomic E-state index is 0.385. The highest BCUT2D eigenvalue weighted by molar-refractivity contribution is 5.87. The number of benzene rings is 1. The largest absolute Gasteiger partial charge is 0.497 e. The summed E-state index contributed by atoms with van der Waals surface area (Å²) < 4.78 is 15.1. The Morgan fingerprint density at radius 2 is 1.76 bits per heavy atom. The van der Waals surface area contributed by atoms with E-state index in [0.29, 0.717) is 23.7 Å². The van der Waals surface area contributed by atoms with Crippen LogP contribution in [0.15, 0.2) is 30.3 Å². The van der Waals surface area contributed by atoms with Crippen LogP contribution in [-0.2, 0) is 11.3 Å². The summed E-state index contributed by atoms with van der Waals surface area (Å²) in [5.41, 5.74) is 2.16. The summed E-state index contributed by atoms with van der Waals surface area (Å²) >= 11 is 0. The number of ether oxygens (including phenoxy) is 3. The molecule has 21 heavy (non-hydrogen) atoms. The highest BCUT2D eigenvalue weighted by Gasteiger charge is 2.08. The number of carbonyl (C=O) groups is 1. The number of aromatic nitrogens is 1. The van der Waals surface area contributed by atoms with Crippen molar-refractivity contribution in [3.05, 3.63) is 41.7 Å². The lowest BCUT2D eigenvalue weighted by atomic mass is 10.2. The Morgan fingerprint density at radius 1 is 1.10 bits per heavy atom. The molecule has 0 atom stereocenters. The highest BCUT2D eigenvalue weighted by atomic mass is 16.5. The molecule has 1 heterocycles. The molecule has 0 bridgehead atoms. The predicted molar refractivity (Wildman–Crippen MR) is 79.0 cm³/mol. The van der Waals surface area contributed by atoms with Crippen LogP contribution in [0.1, 0.15) is 16.2 Å². The maximum absolute atomic E-state index is 11.4. The third-order valence-corrected chi connectivity index (χ3v) is 2.99. The molecule has 0 fully saturated rings. The molecule has 0 aliphatic rings. The second-order valence-electron chi connectivity index (χ2n) is 4.34. The maximum atomic E-state index is 11.4. The number of esters is 1. The lowest BCUT2D eigenvalue weighted by Gasteiger charge is -2.10. The molecule has 1 aromatic carbocycles. The van der Waals surface area contributed by atoms with Gasteiger partial charge in [0.15, 0.2) is 0 Å². The van der Waals surface area contributed by atoms with Gasteiger partial charge in [0.25, 0.3) is 0 Å². The van der Waals surface area contributed by atoms with E-state index < -0.39 is 0 Å². The first kappa shape index (κ1) is 14.8. The van der Waals surface area contributed by atoms with Crippen molar-refractivity contribution >= 4 is 11.7 Å². The van der Waals surface area contributed by atoms with Gasteiger partial charge in [-0.1, -0.05) is 0 Å². The van der Waals surface area contributed by atoms with Crippen molar-refractivity contribution in [2.24, 2.45) is 0 Å². The maximum Gasteiger partial charge on any atom is 0.354 e. The number of H-pyrrole nitrogens is 1. The van der Waals surface area contributed by atoms with Gasteiger partial charge < -0.3 is 24.5 Å². The van der Waals surface area contributed by atoms with E-state index >= 15 is 0 Å². The normalized spacial score (nSPS) is 10.0. The Morgan fingerprint density at radius 3 is 2.33 bits per heavy atom. The van der Waals surface area contributed by atoms with Gasteiger partial charge in [-0.3, -0.25) is 0 Å². The molecule has 112 valence electrons. The summed E-state index contributed by atoms with van der Waals surface area (Å²) in [4.78, 5) is 14.4. The molecule has 0 aliphatic carbocycles. The Kier molecular flexibility index (Phi) is 4.71. The van der Waals surface area contributed by atoms with Crippen LogP contribution in [0.25, 0.3) is 0 Å². The van der Waals surface area contributed by atoms with Gasteiger partial charge in [0.1, 0.15) is 17.2 Å². The quantitative estimate of drug-likeness (QED) is 0.799. The van der Waals surface area contributed by atoms with Crippen LogP contribution in [0.4, 0.5) is 5.69 Å². The molecular formula is C15H18N2O4. The highest BCUT2D eigenvalue weighted by Crippen LogP contribution is 2.26. The molecule has 6 heteroatoms. The predicted octanol–water partition coefficient (Wildman–Crippen LogP) is 2.43. The van der Waals surface area contributed by atoms with Crippen molar-refractivity contribution in [2.75, 3.05) is 26.6 Å². The second kappa shape index (κ2) is 6.69. The van der Waals surface area contributed by atoms with Gasteiger partial charge in [-0.2, -0.15) is 0 Å². The van der Waals surface area contributed by atoms with Gasteiger partial charge in [0.05, 0.1) is 27.9 Å². The van der Waals surface area contributed by atoms with Gasteiger partial charge >= 0.3 is 5.97 Å². The third kappa shape index (κ3) is 3.68. The molecule has 0 saturated heterocycles. The zero-order valence-electron chi connectivity index (χ0n) is 12.2. The fourth-order valence-corrected chi connectivity index (χ4v) is 1.88. The molecule has 0 saturated carbocycles. The number of hydrogen-bond donors (Lipinski definition) is 2. The SMILES string of the molecule is COC(=O)c1ccc(CNc2cc(OC)cc(OC)c2)[nH]1. The molecular weight excluding hydrogens is 272 g/mol. The fourth-order valence-electron chi connectivity index (χ4n) is 1.88. The van der Waals surface area contributed by atoms with Crippen LogP contribution in [0, 0.1) is 0 Å². The van der Waals surface area contributed by atoms with Crippen molar-refractivity contribution in [3.8, 4) is 11.5 Å². The van der Waals surface area contributed by atoms with Gasteiger partial charge in [0, 0.05) is 29.6 Å². The lowest BCUT2D eigenvalue weighted by molar-refractivity contribution is 0.0594. The number of hydrogen-bond acceptors (Lipinski definition) is 5. The molecule has 0 spiro atoms. The van der Waals surface area contributed by atoms with E-state index in [2.05, 4.69) is 15.0 Å². The topological polar surface area (TPSA) is 72.6 Å². The zero-order valence-corrected chi connectivity index (χ0v) is 12.2. The minimum Gasteiger partial charge on any atom is -0.497 e. The van der Waals surface area contributed by atoms with Crippen molar-refractivity contribution in [2.45, 2.75) is 6.54 Å². The average Bonchev–Trinajstić information content (AvgIpc) is 3.00. The number of carbonyl (C=O) groups excluding carboxylic acids is 1. The summed E-state index contributed by atoms with van der Waals surface area (Å²) in [6, 6.07) is 9.06. The number of aromatic amines is 1. The Labute approximate surface area is 123 Å². The van der Waals surface area contributed by atoms with Crippen LogP contribution in [0.3, 0.4) is 0 Å². The number of rotatable bonds is 6. The minimum atomic E-state index is -0.385. The van der Waals surface area contributed by atoms with Crippen molar-refractivity contribution in [1.82, 2.24) is 4.98 Å². The van der Waals surface area contributed by atoms with Gasteiger partial charge in [-0.15, -0.1) is 0 Å². The molecule has 2 aromatic rings. The van der Waals surface area contributed by atoms with E-state index in [4.69, 9.17) is 9.47 Å². The third-order valence-electron chi connectivity index (χ3n) is 2.99. The molecule has 0 radical (unpaired) electrons. The molecule has 2 rings (SSSR count). The second-order valence-corrected chi connectivity index (χ2v) is 4.34. The molecule has 2 N–H and O–H groups in total. The average molecular weight is 290 g/mol. The first-order valence-corrected chi connectivity index (χ1v) is 6.39. The summed E-state index contributed by atoms with van der Waals surface area (Å²) in [5, 5.41) is 3.24. The van der Waals surface area contributed by atoms with Gasteiger partial charge in [0.2, 0.25) is 0 Å². The lowest BCUT2D eigenvalue weighted by Crippen LogP contribution is -2.04. The van der Waals surface area contributed by atoms with E-state index in [1.807, 2.05) is 18.2 Å². The van der Waals surface area contributed by atoms with E-state index in [-0.39, 0.29) is 5.97 Å². The molecule has 6 nitrogen and oxygen atoms in total. The smallest absolute Gasteiger partial charge is 0.354 e. The monoisotopic (exact) mass is 290 g/mol. The van der Waals surface area contributed by atoms with E-state index in [1.165, 1.54) is 7.11 Å². The number of anilines is 1. The van der Waals surface area contributed by atoms with Crippen LogP contribution in [-0.4, -0.2) is 32.3 Å². The molecule has 0 unspecified atom stereocenters. The zero-order chi connectivity index (χ0) is 15.2. The van der Waals surface area contributed by atoms with E-state index in [9.17, 15) is 4.79 Å². The molecule has 1 aromatic heterocycles. The fraction of sp³-hybridized carbons (Fsp3) is 0.267. The van der Waals surface area contributed by atoms with Crippen molar-refractivity contribution < 1.29 is 19.0 Å².